The number of aromatic amines is 1. The van der Waals surface area contributed by atoms with Crippen molar-refractivity contribution in [3.8, 4) is 0 Å². The zero-order chi connectivity index (χ0) is 15.1. The fourth-order valence-electron chi connectivity index (χ4n) is 3.23. The Hall–Kier alpha value is -1.36. The van der Waals surface area contributed by atoms with Gasteiger partial charge in [0.2, 0.25) is 5.91 Å². The van der Waals surface area contributed by atoms with E-state index in [4.69, 9.17) is 5.73 Å². The van der Waals surface area contributed by atoms with Crippen LogP contribution < -0.4 is 11.1 Å². The Morgan fingerprint density at radius 1 is 1.38 bits per heavy atom. The molecule has 1 aliphatic carbocycles. The van der Waals surface area contributed by atoms with Crippen molar-refractivity contribution in [1.82, 2.24) is 15.5 Å². The molecule has 1 heterocycles. The second kappa shape index (κ2) is 7.59. The molecule has 1 fully saturated rings. The largest absolute Gasteiger partial charge is 0.356 e. The number of nitrogens with one attached hydrogen (secondary N) is 2. The SMILES string of the molecule is Cc1[nH]ncc1CCCNC(=O)C1(CN)CCCCCC1. The highest BCUT2D eigenvalue weighted by atomic mass is 16.2. The first-order chi connectivity index (χ1) is 10.2. The fourth-order valence-corrected chi connectivity index (χ4v) is 3.23. The summed E-state index contributed by atoms with van der Waals surface area (Å²) in [4.78, 5) is 12.5. The van der Waals surface area contributed by atoms with E-state index in [1.807, 2.05) is 13.1 Å². The maximum Gasteiger partial charge on any atom is 0.227 e. The van der Waals surface area contributed by atoms with E-state index in [2.05, 4.69) is 15.5 Å². The molecule has 118 valence electrons. The van der Waals surface area contributed by atoms with E-state index in [1.165, 1.54) is 18.4 Å². The lowest BCUT2D eigenvalue weighted by molar-refractivity contribution is -0.131. The lowest BCUT2D eigenvalue weighted by Crippen LogP contribution is -2.46. The van der Waals surface area contributed by atoms with Crippen molar-refractivity contribution in [3.63, 3.8) is 0 Å². The van der Waals surface area contributed by atoms with Crippen LogP contribution in [-0.2, 0) is 11.2 Å². The van der Waals surface area contributed by atoms with E-state index in [9.17, 15) is 4.79 Å². The summed E-state index contributed by atoms with van der Waals surface area (Å²) in [6.07, 6.45) is 10.3. The van der Waals surface area contributed by atoms with Gasteiger partial charge in [0, 0.05) is 18.8 Å². The molecule has 4 N–H and O–H groups in total. The number of nitrogens with zero attached hydrogens (tertiary/aromatic N) is 1. The van der Waals surface area contributed by atoms with Gasteiger partial charge in [-0.25, -0.2) is 0 Å². The third-order valence-corrected chi connectivity index (χ3v) is 4.78. The average Bonchev–Trinajstić information content (AvgIpc) is 2.77. The van der Waals surface area contributed by atoms with Gasteiger partial charge in [-0.3, -0.25) is 9.89 Å². The minimum atomic E-state index is -0.317. The number of hydrogen-bond donors (Lipinski definition) is 3. The highest BCUT2D eigenvalue weighted by molar-refractivity contribution is 5.82. The van der Waals surface area contributed by atoms with Crippen LogP contribution in [0.5, 0.6) is 0 Å². The maximum atomic E-state index is 12.5. The summed E-state index contributed by atoms with van der Waals surface area (Å²) in [7, 11) is 0. The monoisotopic (exact) mass is 292 g/mol. The van der Waals surface area contributed by atoms with Crippen molar-refractivity contribution in [2.45, 2.75) is 58.3 Å². The Labute approximate surface area is 127 Å². The van der Waals surface area contributed by atoms with E-state index in [-0.39, 0.29) is 11.3 Å². The first kappa shape index (κ1) is 16.0. The molecule has 1 aliphatic rings. The van der Waals surface area contributed by atoms with Crippen LogP contribution >= 0.6 is 0 Å². The molecule has 0 unspecified atom stereocenters. The van der Waals surface area contributed by atoms with Gasteiger partial charge in [0.1, 0.15) is 0 Å². The summed E-state index contributed by atoms with van der Waals surface area (Å²) in [5, 5.41) is 10.1. The average molecular weight is 292 g/mol. The smallest absolute Gasteiger partial charge is 0.227 e. The molecule has 1 amide bonds. The van der Waals surface area contributed by atoms with Crippen LogP contribution in [0.2, 0.25) is 0 Å². The summed E-state index contributed by atoms with van der Waals surface area (Å²) in [6.45, 7) is 3.21. The summed E-state index contributed by atoms with van der Waals surface area (Å²) in [5.41, 5.74) is 7.96. The molecule has 1 saturated carbocycles. The number of carbonyl (C=O) groups excluding carboxylic acids is 1. The van der Waals surface area contributed by atoms with Crippen molar-refractivity contribution >= 4 is 5.91 Å². The number of H-pyrrole nitrogens is 1. The molecule has 0 aliphatic heterocycles. The molecule has 1 aromatic heterocycles. The summed E-state index contributed by atoms with van der Waals surface area (Å²) in [6, 6.07) is 0. The van der Waals surface area contributed by atoms with Crippen LogP contribution in [0, 0.1) is 12.3 Å². The van der Waals surface area contributed by atoms with Crippen molar-refractivity contribution in [2.24, 2.45) is 11.1 Å². The van der Waals surface area contributed by atoms with Gasteiger partial charge in [-0.2, -0.15) is 5.10 Å². The number of aryl methyl sites for hydroxylation is 2. The summed E-state index contributed by atoms with van der Waals surface area (Å²) >= 11 is 0. The fraction of sp³-hybridized carbons (Fsp3) is 0.750. The second-order valence-electron chi connectivity index (χ2n) is 6.28. The number of rotatable bonds is 6. The van der Waals surface area contributed by atoms with Gasteiger partial charge in [0.25, 0.3) is 0 Å². The van der Waals surface area contributed by atoms with Crippen molar-refractivity contribution in [1.29, 1.82) is 0 Å². The molecule has 5 nitrogen and oxygen atoms in total. The van der Waals surface area contributed by atoms with Gasteiger partial charge < -0.3 is 11.1 Å². The molecule has 21 heavy (non-hydrogen) atoms. The van der Waals surface area contributed by atoms with Crippen LogP contribution in [0.3, 0.4) is 0 Å². The van der Waals surface area contributed by atoms with Gasteiger partial charge in [0.05, 0.1) is 11.6 Å². The zero-order valence-electron chi connectivity index (χ0n) is 13.1. The molecule has 0 atom stereocenters. The predicted octanol–water partition coefficient (Wildman–Crippen LogP) is 2.07. The third kappa shape index (κ3) is 4.06. The van der Waals surface area contributed by atoms with E-state index in [0.29, 0.717) is 13.1 Å². The Bertz CT molecular complexity index is 447. The van der Waals surface area contributed by atoms with Crippen molar-refractivity contribution in [2.75, 3.05) is 13.1 Å². The summed E-state index contributed by atoms with van der Waals surface area (Å²) in [5.74, 6) is 0.163. The lowest BCUT2D eigenvalue weighted by Gasteiger charge is -2.29. The van der Waals surface area contributed by atoms with Crippen LogP contribution in [-0.4, -0.2) is 29.2 Å². The van der Waals surface area contributed by atoms with Gasteiger partial charge in [-0.1, -0.05) is 25.7 Å². The van der Waals surface area contributed by atoms with E-state index < -0.39 is 0 Å². The Balaban J connectivity index is 1.78. The minimum absolute atomic E-state index is 0.163. The van der Waals surface area contributed by atoms with Gasteiger partial charge in [-0.15, -0.1) is 0 Å². The highest BCUT2D eigenvalue weighted by Gasteiger charge is 2.36. The normalized spacial score (nSPS) is 18.2. The number of hydrogen-bond acceptors (Lipinski definition) is 3. The number of aromatic nitrogens is 2. The zero-order valence-corrected chi connectivity index (χ0v) is 13.1. The number of carbonyl (C=O) groups is 1. The minimum Gasteiger partial charge on any atom is -0.356 e. The van der Waals surface area contributed by atoms with Crippen molar-refractivity contribution in [3.05, 3.63) is 17.5 Å². The molecule has 0 saturated heterocycles. The lowest BCUT2D eigenvalue weighted by atomic mass is 9.79. The predicted molar refractivity (Wildman–Crippen MR) is 83.8 cm³/mol. The van der Waals surface area contributed by atoms with Crippen LogP contribution in [0.4, 0.5) is 0 Å². The molecule has 1 aromatic rings. The second-order valence-corrected chi connectivity index (χ2v) is 6.28. The molecule has 0 aromatic carbocycles. The first-order valence-corrected chi connectivity index (χ1v) is 8.15. The molecule has 0 bridgehead atoms. The topological polar surface area (TPSA) is 83.8 Å². The van der Waals surface area contributed by atoms with Gasteiger partial charge in [-0.05, 0) is 38.2 Å². The highest BCUT2D eigenvalue weighted by Crippen LogP contribution is 2.34. The van der Waals surface area contributed by atoms with E-state index >= 15 is 0 Å². The van der Waals surface area contributed by atoms with Crippen LogP contribution in [0.15, 0.2) is 6.20 Å². The Morgan fingerprint density at radius 3 is 2.67 bits per heavy atom. The van der Waals surface area contributed by atoms with Gasteiger partial charge >= 0.3 is 0 Å². The third-order valence-electron chi connectivity index (χ3n) is 4.78. The summed E-state index contributed by atoms with van der Waals surface area (Å²) < 4.78 is 0. The molecule has 0 radical (unpaired) electrons. The number of amides is 1. The molecule has 5 heteroatoms. The first-order valence-electron chi connectivity index (χ1n) is 8.15. The molecule has 2 rings (SSSR count). The van der Waals surface area contributed by atoms with E-state index in [0.717, 1.165) is 44.2 Å². The van der Waals surface area contributed by atoms with E-state index in [1.54, 1.807) is 0 Å². The standard InChI is InChI=1S/C16H28N4O/c1-13-14(11-19-20-13)7-6-10-18-15(21)16(12-17)8-4-2-3-5-9-16/h11H,2-10,12,17H2,1H3,(H,18,21)(H,19,20). The van der Waals surface area contributed by atoms with Crippen LogP contribution in [0.1, 0.15) is 56.2 Å². The molecular weight excluding hydrogens is 264 g/mol. The number of nitrogens with two attached hydrogens (primary N) is 1. The molecule has 0 spiro atoms. The van der Waals surface area contributed by atoms with Crippen LogP contribution in [0.25, 0.3) is 0 Å². The quantitative estimate of drug-likeness (QED) is 0.554. The maximum absolute atomic E-state index is 12.5. The molecular formula is C16H28N4O. The van der Waals surface area contributed by atoms with Gasteiger partial charge in [0.15, 0.2) is 0 Å². The van der Waals surface area contributed by atoms with Crippen molar-refractivity contribution < 1.29 is 4.79 Å². The Kier molecular flexibility index (Phi) is 5.79. The Morgan fingerprint density at radius 2 is 2.10 bits per heavy atom.